The van der Waals surface area contributed by atoms with Crippen LogP contribution in [0.4, 0.5) is 0 Å². The summed E-state index contributed by atoms with van der Waals surface area (Å²) in [6.45, 7) is 1.00. The van der Waals surface area contributed by atoms with Crippen LogP contribution in [0.5, 0.6) is 11.5 Å². The number of hydrogen-bond donors (Lipinski definition) is 3. The van der Waals surface area contributed by atoms with Crippen molar-refractivity contribution in [3.63, 3.8) is 0 Å². The minimum Gasteiger partial charge on any atom is -1.00 e. The predicted molar refractivity (Wildman–Crippen MR) is 74.7 cm³/mol. The van der Waals surface area contributed by atoms with Gasteiger partial charge in [-0.05, 0) is 37.5 Å². The van der Waals surface area contributed by atoms with Crippen LogP contribution in [0.15, 0.2) is 23.3 Å². The fraction of sp³-hybridized carbons (Fsp3) is 0.429. The molecule has 1 aromatic rings. The fourth-order valence-corrected chi connectivity index (χ4v) is 1.99. The highest BCUT2D eigenvalue weighted by Gasteiger charge is 2.08. The van der Waals surface area contributed by atoms with Crippen LogP contribution in [0, 0.1) is 0 Å². The van der Waals surface area contributed by atoms with Crippen LogP contribution >= 0.6 is 0 Å². The highest BCUT2D eigenvalue weighted by atomic mass is 35.5. The van der Waals surface area contributed by atoms with Gasteiger partial charge in [-0.3, -0.25) is 4.99 Å². The highest BCUT2D eigenvalue weighted by Crippen LogP contribution is 2.25. The van der Waals surface area contributed by atoms with Crippen molar-refractivity contribution in [2.45, 2.75) is 25.7 Å². The third kappa shape index (κ3) is 4.74. The summed E-state index contributed by atoms with van der Waals surface area (Å²) in [6.07, 6.45) is 6.39. The number of ether oxygens (including phenoxy) is 1. The van der Waals surface area contributed by atoms with Gasteiger partial charge in [0.25, 0.3) is 5.84 Å². The molecule has 2 rings (SSSR count). The maximum absolute atomic E-state index is 9.50. The lowest BCUT2D eigenvalue weighted by Gasteiger charge is -2.02. The van der Waals surface area contributed by atoms with Gasteiger partial charge in [-0.1, -0.05) is 5.10 Å². The lowest BCUT2D eigenvalue weighted by Crippen LogP contribution is -3.00. The summed E-state index contributed by atoms with van der Waals surface area (Å²) in [5.74, 6) is 1.65. The van der Waals surface area contributed by atoms with E-state index in [1.165, 1.54) is 26.4 Å². The van der Waals surface area contributed by atoms with E-state index in [9.17, 15) is 5.11 Å². The van der Waals surface area contributed by atoms with Crippen LogP contribution in [0.2, 0.25) is 0 Å². The Hall–Kier alpha value is -1.75. The van der Waals surface area contributed by atoms with Crippen LogP contribution in [0.1, 0.15) is 31.2 Å². The molecule has 0 amide bonds. The van der Waals surface area contributed by atoms with Gasteiger partial charge in [0.2, 0.25) is 0 Å². The van der Waals surface area contributed by atoms with E-state index >= 15 is 0 Å². The number of methoxy groups -OCH3 is 1. The lowest BCUT2D eigenvalue weighted by atomic mass is 10.2. The van der Waals surface area contributed by atoms with Gasteiger partial charge >= 0.3 is 0 Å². The minimum atomic E-state index is 0. The summed E-state index contributed by atoms with van der Waals surface area (Å²) in [5.41, 5.74) is 3.91. The predicted octanol–water partition coefficient (Wildman–Crippen LogP) is -2.62. The summed E-state index contributed by atoms with van der Waals surface area (Å²) < 4.78 is 5.05. The van der Waals surface area contributed by atoms with E-state index in [0.717, 1.165) is 24.4 Å². The van der Waals surface area contributed by atoms with Crippen molar-refractivity contribution in [3.05, 3.63) is 23.8 Å². The zero-order valence-corrected chi connectivity index (χ0v) is 12.3. The van der Waals surface area contributed by atoms with Crippen molar-refractivity contribution in [1.29, 1.82) is 0 Å². The second-order valence-electron chi connectivity index (χ2n) is 4.52. The van der Waals surface area contributed by atoms with Gasteiger partial charge < -0.3 is 22.3 Å². The molecule has 1 aliphatic heterocycles. The standard InChI is InChI=1S/C14H19N3O2.ClH/c1-19-13-9-11(6-7-12(13)18)10-16-17-14-5-3-2-4-8-15-14;/h6-7,9-10,18H,2-5,8H2,1H3,(H,15,17);1H. The molecule has 0 radical (unpaired) electrons. The number of phenols is 1. The lowest BCUT2D eigenvalue weighted by molar-refractivity contribution is -0.459. The van der Waals surface area contributed by atoms with Gasteiger partial charge in [-0.25, -0.2) is 0 Å². The quantitative estimate of drug-likeness (QED) is 0.423. The van der Waals surface area contributed by atoms with Gasteiger partial charge in [0.05, 0.1) is 26.3 Å². The average molecular weight is 298 g/mol. The number of hydrogen-bond acceptors (Lipinski definition) is 4. The molecule has 0 atom stereocenters. The Kier molecular flexibility index (Phi) is 6.87. The number of phenolic OH excluding ortho intramolecular Hbond substituents is 1. The number of amidine groups is 1. The van der Waals surface area contributed by atoms with E-state index < -0.39 is 0 Å². The molecule has 5 nitrogen and oxygen atoms in total. The van der Waals surface area contributed by atoms with Crippen molar-refractivity contribution >= 4 is 12.1 Å². The maximum Gasteiger partial charge on any atom is 0.267 e. The number of nitrogens with one attached hydrogen (secondary N) is 2. The number of hydrazone groups is 1. The summed E-state index contributed by atoms with van der Waals surface area (Å²) in [7, 11) is 1.53. The molecule has 0 aliphatic carbocycles. The molecule has 6 heteroatoms. The number of rotatable bonds is 3. The summed E-state index contributed by atoms with van der Waals surface area (Å²) in [6, 6.07) is 5.12. The zero-order chi connectivity index (χ0) is 13.5. The number of aromatic hydroxyl groups is 1. The molecule has 0 bridgehead atoms. The normalized spacial score (nSPS) is 15.2. The van der Waals surface area contributed by atoms with E-state index in [1.54, 1.807) is 24.4 Å². The largest absolute Gasteiger partial charge is 1.00 e. The number of benzene rings is 1. The van der Waals surface area contributed by atoms with E-state index in [2.05, 4.69) is 15.5 Å². The smallest absolute Gasteiger partial charge is 0.267 e. The zero-order valence-electron chi connectivity index (χ0n) is 11.5. The Bertz CT molecular complexity index is 489. The Morgan fingerprint density at radius 3 is 3.00 bits per heavy atom. The molecule has 0 fully saturated rings. The van der Waals surface area contributed by atoms with Gasteiger partial charge in [0.1, 0.15) is 0 Å². The molecule has 1 aliphatic rings. The molecule has 3 N–H and O–H groups in total. The number of nitrogens with zero attached hydrogens (tertiary/aromatic N) is 1. The first-order chi connectivity index (χ1) is 9.29. The van der Waals surface area contributed by atoms with E-state index in [0.29, 0.717) is 5.75 Å². The number of halogens is 1. The first-order valence-corrected chi connectivity index (χ1v) is 6.55. The molecule has 0 saturated heterocycles. The highest BCUT2D eigenvalue weighted by molar-refractivity contribution is 5.83. The Morgan fingerprint density at radius 2 is 2.20 bits per heavy atom. The second kappa shape index (κ2) is 8.43. The van der Waals surface area contributed by atoms with E-state index in [4.69, 9.17) is 4.74 Å². The summed E-state index contributed by atoms with van der Waals surface area (Å²) >= 11 is 0. The van der Waals surface area contributed by atoms with Gasteiger partial charge in [0, 0.05) is 5.56 Å². The van der Waals surface area contributed by atoms with Crippen LogP contribution in [0.3, 0.4) is 0 Å². The van der Waals surface area contributed by atoms with E-state index in [-0.39, 0.29) is 18.2 Å². The molecule has 0 aromatic heterocycles. The third-order valence-corrected chi connectivity index (χ3v) is 3.06. The molecule has 110 valence electrons. The molecule has 1 heterocycles. The van der Waals surface area contributed by atoms with E-state index in [1.807, 2.05) is 0 Å². The van der Waals surface area contributed by atoms with Gasteiger partial charge in [-0.15, -0.1) is 0 Å². The van der Waals surface area contributed by atoms with Crippen molar-refractivity contribution in [3.8, 4) is 11.5 Å². The molecule has 20 heavy (non-hydrogen) atoms. The molecular weight excluding hydrogens is 278 g/mol. The molecular formula is C14H20ClN3O2. The first-order valence-electron chi connectivity index (χ1n) is 6.55. The Balaban J connectivity index is 0.00000200. The second-order valence-corrected chi connectivity index (χ2v) is 4.52. The summed E-state index contributed by atoms with van der Waals surface area (Å²) in [5, 5.41) is 13.7. The average Bonchev–Trinajstić information content (AvgIpc) is 2.69. The molecule has 1 aromatic carbocycles. The van der Waals surface area contributed by atoms with Gasteiger partial charge in [-0.2, -0.15) is 5.43 Å². The Labute approximate surface area is 125 Å². The minimum absolute atomic E-state index is 0. The SMILES string of the molecule is COc1cc(C=NNC2=[NH+]CCCCC2)ccc1O.[Cl-]. The van der Waals surface area contributed by atoms with Crippen LogP contribution in [-0.4, -0.2) is 30.8 Å². The van der Waals surface area contributed by atoms with Crippen LogP contribution in [0.25, 0.3) is 0 Å². The fourth-order valence-electron chi connectivity index (χ4n) is 1.99. The maximum atomic E-state index is 9.50. The summed E-state index contributed by atoms with van der Waals surface area (Å²) in [4.78, 5) is 3.33. The van der Waals surface area contributed by atoms with Gasteiger partial charge in [0.15, 0.2) is 11.5 Å². The molecule has 0 unspecified atom stereocenters. The van der Waals surface area contributed by atoms with Crippen molar-refractivity contribution in [2.24, 2.45) is 5.10 Å². The third-order valence-electron chi connectivity index (χ3n) is 3.06. The monoisotopic (exact) mass is 297 g/mol. The first kappa shape index (κ1) is 16.3. The molecule has 0 spiro atoms. The van der Waals surface area contributed by atoms with Crippen LogP contribution in [-0.2, 0) is 0 Å². The van der Waals surface area contributed by atoms with Crippen molar-refractivity contribution in [2.75, 3.05) is 13.7 Å². The van der Waals surface area contributed by atoms with Crippen molar-refractivity contribution in [1.82, 2.24) is 5.43 Å². The molecule has 0 saturated carbocycles. The van der Waals surface area contributed by atoms with Crippen LogP contribution < -0.4 is 27.6 Å². The Morgan fingerprint density at radius 1 is 1.35 bits per heavy atom. The topological polar surface area (TPSA) is 67.8 Å². The van der Waals surface area contributed by atoms with Crippen molar-refractivity contribution < 1.29 is 27.2 Å².